The van der Waals surface area contributed by atoms with Crippen molar-refractivity contribution in [3.05, 3.63) is 73.2 Å². The number of aromatic amines is 2. The number of rotatable bonds is 5. The first kappa shape index (κ1) is 24.4. The van der Waals surface area contributed by atoms with Crippen LogP contribution in [0.1, 0.15) is 27.2 Å². The number of benzene rings is 1. The number of imidazole rings is 1. The summed E-state index contributed by atoms with van der Waals surface area (Å²) in [7, 11) is 0. The van der Waals surface area contributed by atoms with Crippen LogP contribution in [0.3, 0.4) is 0 Å². The number of fused-ring (bicyclic) bond motifs is 2. The number of carbonyl (C=O) groups is 1. The molecule has 0 spiro atoms. The summed E-state index contributed by atoms with van der Waals surface area (Å²) in [5.74, 6) is -0.0882. The maximum atomic E-state index is 15.2. The second-order valence-corrected chi connectivity index (χ2v) is 10.6. The number of anilines is 1. The summed E-state index contributed by atoms with van der Waals surface area (Å²) in [5, 5.41) is 10.6. The number of amides is 1. The Morgan fingerprint density at radius 3 is 2.62 bits per heavy atom. The lowest BCUT2D eigenvalue weighted by Gasteiger charge is -2.17. The quantitative estimate of drug-likeness (QED) is 0.251. The number of hydrogen-bond acceptors (Lipinski definition) is 6. The van der Waals surface area contributed by atoms with Crippen LogP contribution in [-0.2, 0) is 4.79 Å². The molecule has 3 N–H and O–H groups in total. The smallest absolute Gasteiger partial charge is 0.224 e. The van der Waals surface area contributed by atoms with E-state index in [2.05, 4.69) is 35.5 Å². The molecule has 0 unspecified atom stereocenters. The summed E-state index contributed by atoms with van der Waals surface area (Å²) in [6.07, 6.45) is 8.71. The Morgan fingerprint density at radius 2 is 1.82 bits per heavy atom. The molecule has 5 aromatic heterocycles. The minimum absolute atomic E-state index is 0.106. The van der Waals surface area contributed by atoms with Crippen molar-refractivity contribution < 1.29 is 9.18 Å². The minimum atomic E-state index is -0.485. The largest absolute Gasteiger partial charge is 0.337 e. The molecule has 0 aliphatic rings. The highest BCUT2D eigenvalue weighted by atomic mass is 19.1. The Labute approximate surface area is 223 Å². The molecule has 39 heavy (non-hydrogen) atoms. The van der Waals surface area contributed by atoms with Gasteiger partial charge < -0.3 is 10.3 Å². The highest BCUT2D eigenvalue weighted by Crippen LogP contribution is 2.34. The average molecular weight is 521 g/mol. The summed E-state index contributed by atoms with van der Waals surface area (Å²) in [6.45, 7) is 6.00. The number of hydrogen-bond donors (Lipinski definition) is 3. The van der Waals surface area contributed by atoms with Gasteiger partial charge in [-0.05, 0) is 47.4 Å². The van der Waals surface area contributed by atoms with Crippen LogP contribution >= 0.6 is 0 Å². The molecule has 0 radical (unpaired) electrons. The molecular weight excluding hydrogens is 495 g/mol. The molecule has 0 bridgehead atoms. The fourth-order valence-electron chi connectivity index (χ4n) is 4.54. The number of aromatic nitrogens is 7. The zero-order chi connectivity index (χ0) is 27.1. The van der Waals surface area contributed by atoms with Gasteiger partial charge in [0.15, 0.2) is 11.6 Å². The SMILES string of the molecule is CC(C)(C)CC(=O)Nc1cncc(-c2cc(F)c3n[nH]c(-c4nc5c(-c6cccnc6)nccc5[nH]4)c3c2)c1. The van der Waals surface area contributed by atoms with Crippen molar-refractivity contribution in [3.8, 4) is 33.9 Å². The van der Waals surface area contributed by atoms with Crippen LogP contribution in [0.4, 0.5) is 10.1 Å². The average Bonchev–Trinajstić information content (AvgIpc) is 3.52. The summed E-state index contributed by atoms with van der Waals surface area (Å²) in [6, 6.07) is 10.6. The van der Waals surface area contributed by atoms with E-state index in [0.29, 0.717) is 51.4 Å². The lowest BCUT2D eigenvalue weighted by molar-refractivity contribution is -0.117. The van der Waals surface area contributed by atoms with E-state index in [-0.39, 0.29) is 16.8 Å². The molecule has 6 aromatic rings. The molecule has 0 aliphatic carbocycles. The monoisotopic (exact) mass is 520 g/mol. The molecule has 5 heterocycles. The van der Waals surface area contributed by atoms with E-state index >= 15 is 4.39 Å². The normalized spacial score (nSPS) is 11.8. The number of carbonyl (C=O) groups excluding carboxylic acids is 1. The van der Waals surface area contributed by atoms with Gasteiger partial charge in [0.05, 0.1) is 23.1 Å². The third-order valence-electron chi connectivity index (χ3n) is 6.23. The molecular formula is C29H25FN8O. The molecule has 0 saturated carbocycles. The molecule has 0 atom stereocenters. The first-order valence-corrected chi connectivity index (χ1v) is 12.4. The van der Waals surface area contributed by atoms with Gasteiger partial charge in [0.2, 0.25) is 5.91 Å². The van der Waals surface area contributed by atoms with Gasteiger partial charge in [-0.15, -0.1) is 0 Å². The van der Waals surface area contributed by atoms with Crippen LogP contribution in [0.2, 0.25) is 0 Å². The Hall–Kier alpha value is -4.99. The van der Waals surface area contributed by atoms with Crippen LogP contribution in [0.25, 0.3) is 55.8 Å². The standard InChI is InChI=1S/C29H25FN8O/c1-29(2,3)12-23(39)34-19-9-18(14-32-15-19)17-10-20-25(21(30)11-17)37-38-26(20)28-35-22-6-8-33-24(27(22)36-28)16-5-4-7-31-13-16/h4-11,13-15H,12H2,1-3H3,(H,34,39)(H,35,36)(H,37,38). The Kier molecular flexibility index (Phi) is 5.86. The lowest BCUT2D eigenvalue weighted by Crippen LogP contribution is -2.19. The van der Waals surface area contributed by atoms with Crippen molar-refractivity contribution in [1.29, 1.82) is 0 Å². The van der Waals surface area contributed by atoms with Crippen LogP contribution in [0, 0.1) is 11.2 Å². The Balaban J connectivity index is 1.40. The van der Waals surface area contributed by atoms with Crippen LogP contribution in [-0.4, -0.2) is 41.0 Å². The van der Waals surface area contributed by atoms with Gasteiger partial charge in [0.25, 0.3) is 0 Å². The second-order valence-electron chi connectivity index (χ2n) is 10.6. The van der Waals surface area contributed by atoms with E-state index in [1.165, 1.54) is 6.07 Å². The van der Waals surface area contributed by atoms with Crippen LogP contribution in [0.5, 0.6) is 0 Å². The number of H-pyrrole nitrogens is 2. The fourth-order valence-corrected chi connectivity index (χ4v) is 4.54. The molecule has 1 amide bonds. The van der Waals surface area contributed by atoms with Crippen molar-refractivity contribution in [2.75, 3.05) is 5.32 Å². The third-order valence-corrected chi connectivity index (χ3v) is 6.23. The summed E-state index contributed by atoms with van der Waals surface area (Å²) in [4.78, 5) is 33.5. The molecule has 9 nitrogen and oxygen atoms in total. The summed E-state index contributed by atoms with van der Waals surface area (Å²) >= 11 is 0. The third kappa shape index (κ3) is 4.84. The second kappa shape index (κ2) is 9.39. The van der Waals surface area contributed by atoms with E-state index in [1.54, 1.807) is 37.1 Å². The van der Waals surface area contributed by atoms with Crippen molar-refractivity contribution in [1.82, 2.24) is 35.1 Å². The van der Waals surface area contributed by atoms with Crippen molar-refractivity contribution >= 4 is 33.5 Å². The van der Waals surface area contributed by atoms with Gasteiger partial charge in [-0.2, -0.15) is 5.10 Å². The molecule has 194 valence electrons. The van der Waals surface area contributed by atoms with Gasteiger partial charge in [-0.3, -0.25) is 24.8 Å². The van der Waals surface area contributed by atoms with Gasteiger partial charge in [0, 0.05) is 47.7 Å². The van der Waals surface area contributed by atoms with Crippen molar-refractivity contribution in [3.63, 3.8) is 0 Å². The zero-order valence-corrected chi connectivity index (χ0v) is 21.6. The maximum Gasteiger partial charge on any atom is 0.224 e. The molecule has 10 heteroatoms. The fraction of sp³-hybridized carbons (Fsp3) is 0.172. The first-order valence-electron chi connectivity index (χ1n) is 12.4. The van der Waals surface area contributed by atoms with Crippen LogP contribution < -0.4 is 5.32 Å². The topological polar surface area (TPSA) is 125 Å². The van der Waals surface area contributed by atoms with E-state index in [0.717, 1.165) is 11.1 Å². The predicted molar refractivity (Wildman–Crippen MR) is 148 cm³/mol. The number of halogens is 1. The van der Waals surface area contributed by atoms with Gasteiger partial charge in [0.1, 0.15) is 16.7 Å². The van der Waals surface area contributed by atoms with Crippen LogP contribution in [0.15, 0.2) is 67.4 Å². The minimum Gasteiger partial charge on any atom is -0.337 e. The van der Waals surface area contributed by atoms with E-state index in [1.807, 2.05) is 45.0 Å². The van der Waals surface area contributed by atoms with E-state index in [4.69, 9.17) is 4.98 Å². The molecule has 0 saturated heterocycles. The van der Waals surface area contributed by atoms with Gasteiger partial charge >= 0.3 is 0 Å². The predicted octanol–water partition coefficient (Wildman–Crippen LogP) is 6.14. The van der Waals surface area contributed by atoms with Gasteiger partial charge in [-0.25, -0.2) is 9.37 Å². The maximum absolute atomic E-state index is 15.2. The molecule has 1 aromatic carbocycles. The van der Waals surface area contributed by atoms with Gasteiger partial charge in [-0.1, -0.05) is 20.8 Å². The first-order chi connectivity index (χ1) is 18.7. The lowest BCUT2D eigenvalue weighted by atomic mass is 9.92. The highest BCUT2D eigenvalue weighted by Gasteiger charge is 2.19. The number of pyridine rings is 3. The summed E-state index contributed by atoms with van der Waals surface area (Å²) in [5.41, 5.74) is 5.36. The van der Waals surface area contributed by atoms with Crippen molar-refractivity contribution in [2.24, 2.45) is 5.41 Å². The van der Waals surface area contributed by atoms with E-state index in [9.17, 15) is 4.79 Å². The highest BCUT2D eigenvalue weighted by molar-refractivity contribution is 5.98. The Bertz CT molecular complexity index is 1840. The molecule has 0 fully saturated rings. The molecule has 0 aliphatic heterocycles. The summed E-state index contributed by atoms with van der Waals surface area (Å²) < 4.78 is 15.2. The van der Waals surface area contributed by atoms with Crippen molar-refractivity contribution in [2.45, 2.75) is 27.2 Å². The van der Waals surface area contributed by atoms with E-state index < -0.39 is 5.82 Å². The zero-order valence-electron chi connectivity index (χ0n) is 21.6. The number of nitrogens with one attached hydrogen (secondary N) is 3. The number of nitrogens with zero attached hydrogens (tertiary/aromatic N) is 5. The Morgan fingerprint density at radius 1 is 0.974 bits per heavy atom. The molecule has 6 rings (SSSR count).